The molecule has 5 nitrogen and oxygen atoms in total. The molecule has 2 aliphatic heterocycles. The largest absolute Gasteiger partial charge is 0.493 e. The Labute approximate surface area is 130 Å². The van der Waals surface area contributed by atoms with Gasteiger partial charge in [-0.2, -0.15) is 10.5 Å². The molecule has 3 rings (SSSR count). The van der Waals surface area contributed by atoms with Gasteiger partial charge in [0.25, 0.3) is 0 Å². The summed E-state index contributed by atoms with van der Waals surface area (Å²) in [6, 6.07) is 4.68. The van der Waals surface area contributed by atoms with E-state index in [0.29, 0.717) is 17.9 Å². The molecule has 0 saturated carbocycles. The molecule has 0 unspecified atom stereocenters. The van der Waals surface area contributed by atoms with Gasteiger partial charge in [0, 0.05) is 24.7 Å². The summed E-state index contributed by atoms with van der Waals surface area (Å²) in [5, 5.41) is 18.5. The number of fused-ring (bicyclic) bond motifs is 3. The van der Waals surface area contributed by atoms with Gasteiger partial charge in [-0.25, -0.2) is 0 Å². The smallest absolute Gasteiger partial charge is 0.156 e. The van der Waals surface area contributed by atoms with E-state index in [2.05, 4.69) is 29.2 Å². The number of piperidine rings is 1. The number of allylic oxidation sites excluding steroid dienone is 2. The van der Waals surface area contributed by atoms with Crippen LogP contribution in [-0.2, 0) is 9.47 Å². The molecule has 3 aliphatic rings. The minimum atomic E-state index is -0.308. The summed E-state index contributed by atoms with van der Waals surface area (Å²) in [7, 11) is 3.30. The summed E-state index contributed by atoms with van der Waals surface area (Å²) >= 11 is 0. The molecule has 22 heavy (non-hydrogen) atoms. The molecule has 0 amide bonds. The van der Waals surface area contributed by atoms with Crippen LogP contribution in [0.5, 0.6) is 0 Å². The first-order chi connectivity index (χ1) is 10.7. The highest BCUT2D eigenvalue weighted by molar-refractivity contribution is 5.34. The van der Waals surface area contributed by atoms with Crippen LogP contribution in [0.2, 0.25) is 0 Å². The van der Waals surface area contributed by atoms with Crippen LogP contribution in [0.3, 0.4) is 0 Å². The zero-order valence-corrected chi connectivity index (χ0v) is 12.8. The van der Waals surface area contributed by atoms with E-state index in [0.717, 1.165) is 24.5 Å². The molecule has 1 aliphatic carbocycles. The van der Waals surface area contributed by atoms with Crippen LogP contribution >= 0.6 is 0 Å². The Kier molecular flexibility index (Phi) is 3.81. The van der Waals surface area contributed by atoms with Gasteiger partial charge in [0.2, 0.25) is 0 Å². The highest BCUT2D eigenvalue weighted by atomic mass is 16.5. The maximum absolute atomic E-state index is 9.32. The zero-order valence-electron chi connectivity index (χ0n) is 12.8. The third-order valence-corrected chi connectivity index (χ3v) is 4.92. The maximum atomic E-state index is 9.32. The summed E-state index contributed by atoms with van der Waals surface area (Å²) in [4.78, 5) is 2.23. The summed E-state index contributed by atoms with van der Waals surface area (Å²) in [5.41, 5.74) is 0.581. The monoisotopic (exact) mass is 297 g/mol. The Balaban J connectivity index is 1.93. The van der Waals surface area contributed by atoms with Crippen LogP contribution in [0.1, 0.15) is 12.8 Å². The lowest BCUT2D eigenvalue weighted by Crippen LogP contribution is -2.49. The topological polar surface area (TPSA) is 69.3 Å². The standard InChI is InChI=1S/C17H19N3O2/c1-21-16-6-11-3-4-20-10-13(9-19)12(8-18)5-15(20)14(11)7-17(16)22-2/h6-7,10-12,14-15H,3-5H2,1-2H3/t11-,12-,14+,15+/m0/s1. The predicted octanol–water partition coefficient (Wildman–Crippen LogP) is 2.32. The van der Waals surface area contributed by atoms with E-state index in [1.54, 1.807) is 14.2 Å². The Morgan fingerprint density at radius 1 is 1.18 bits per heavy atom. The number of rotatable bonds is 2. The average molecular weight is 297 g/mol. The second kappa shape index (κ2) is 5.77. The molecule has 0 aromatic heterocycles. The normalized spacial score (nSPS) is 33.1. The molecule has 0 aromatic rings. The molecule has 0 N–H and O–H groups in total. The Morgan fingerprint density at radius 3 is 2.55 bits per heavy atom. The van der Waals surface area contributed by atoms with Crippen molar-refractivity contribution in [3.8, 4) is 12.1 Å². The first kappa shape index (κ1) is 14.5. The molecule has 0 aromatic carbocycles. The molecule has 0 spiro atoms. The highest BCUT2D eigenvalue weighted by Crippen LogP contribution is 2.42. The maximum Gasteiger partial charge on any atom is 0.156 e. The van der Waals surface area contributed by atoms with Gasteiger partial charge in [0.05, 0.1) is 37.8 Å². The first-order valence-electron chi connectivity index (χ1n) is 7.51. The third-order valence-electron chi connectivity index (χ3n) is 4.92. The second-order valence-electron chi connectivity index (χ2n) is 5.92. The van der Waals surface area contributed by atoms with E-state index in [-0.39, 0.29) is 17.9 Å². The molecule has 5 heteroatoms. The fourth-order valence-corrected chi connectivity index (χ4v) is 3.78. The van der Waals surface area contributed by atoms with E-state index in [9.17, 15) is 10.5 Å². The summed E-state index contributed by atoms with van der Waals surface area (Å²) in [6.07, 6.45) is 7.86. The van der Waals surface area contributed by atoms with Crippen LogP contribution < -0.4 is 0 Å². The summed E-state index contributed by atoms with van der Waals surface area (Å²) < 4.78 is 10.8. The fraction of sp³-hybridized carbons (Fsp3) is 0.529. The number of nitriles is 2. The van der Waals surface area contributed by atoms with Crippen LogP contribution in [0.15, 0.2) is 35.4 Å². The molecule has 2 heterocycles. The first-order valence-corrected chi connectivity index (χ1v) is 7.51. The zero-order chi connectivity index (χ0) is 15.7. The molecule has 4 atom stereocenters. The van der Waals surface area contributed by atoms with Crippen LogP contribution in [0.25, 0.3) is 0 Å². The van der Waals surface area contributed by atoms with Crippen molar-refractivity contribution >= 4 is 0 Å². The SMILES string of the molecule is COC1=C[C@@H]2[C@H](C=C1OC)CCN1C=C(C#N)[C@H](C#N)C[C@H]21. The van der Waals surface area contributed by atoms with Crippen molar-refractivity contribution in [2.75, 3.05) is 20.8 Å². The van der Waals surface area contributed by atoms with Crippen molar-refractivity contribution in [3.63, 3.8) is 0 Å². The van der Waals surface area contributed by atoms with E-state index >= 15 is 0 Å². The second-order valence-corrected chi connectivity index (χ2v) is 5.92. The Hall–Kier alpha value is -2.40. The highest BCUT2D eigenvalue weighted by Gasteiger charge is 2.42. The van der Waals surface area contributed by atoms with E-state index in [1.807, 2.05) is 6.20 Å². The lowest BCUT2D eigenvalue weighted by molar-refractivity contribution is 0.0986. The molecule has 0 bridgehead atoms. The van der Waals surface area contributed by atoms with Gasteiger partial charge < -0.3 is 14.4 Å². The van der Waals surface area contributed by atoms with Gasteiger partial charge in [-0.3, -0.25) is 0 Å². The minimum Gasteiger partial charge on any atom is -0.493 e. The Bertz CT molecular complexity index is 635. The van der Waals surface area contributed by atoms with Gasteiger partial charge in [-0.15, -0.1) is 0 Å². The molecule has 114 valence electrons. The van der Waals surface area contributed by atoms with Crippen molar-refractivity contribution < 1.29 is 9.47 Å². The minimum absolute atomic E-state index is 0.236. The van der Waals surface area contributed by atoms with Gasteiger partial charge in [0.1, 0.15) is 0 Å². The number of ether oxygens (including phenoxy) is 2. The van der Waals surface area contributed by atoms with Crippen molar-refractivity contribution in [1.29, 1.82) is 10.5 Å². The quantitative estimate of drug-likeness (QED) is 0.782. The van der Waals surface area contributed by atoms with Gasteiger partial charge in [0.15, 0.2) is 11.5 Å². The van der Waals surface area contributed by atoms with Gasteiger partial charge >= 0.3 is 0 Å². The average Bonchev–Trinajstić information content (AvgIpc) is 2.58. The molecular formula is C17H19N3O2. The van der Waals surface area contributed by atoms with Crippen LogP contribution in [-0.4, -0.2) is 31.7 Å². The van der Waals surface area contributed by atoms with Gasteiger partial charge in [-0.05, 0) is 30.9 Å². The third kappa shape index (κ3) is 2.23. The summed E-state index contributed by atoms with van der Waals surface area (Å²) in [5.74, 6) is 1.92. The number of hydrogen-bond donors (Lipinski definition) is 0. The molecule has 1 saturated heterocycles. The van der Waals surface area contributed by atoms with E-state index < -0.39 is 0 Å². The number of hydrogen-bond acceptors (Lipinski definition) is 5. The van der Waals surface area contributed by atoms with E-state index in [4.69, 9.17) is 9.47 Å². The molecular weight excluding hydrogens is 278 g/mol. The summed E-state index contributed by atoms with van der Waals surface area (Å²) in [6.45, 7) is 0.902. The van der Waals surface area contributed by atoms with Crippen molar-refractivity contribution in [2.24, 2.45) is 17.8 Å². The van der Waals surface area contributed by atoms with Crippen LogP contribution in [0.4, 0.5) is 0 Å². The Morgan fingerprint density at radius 2 is 1.91 bits per heavy atom. The van der Waals surface area contributed by atoms with Crippen molar-refractivity contribution in [1.82, 2.24) is 4.90 Å². The number of methoxy groups -OCH3 is 2. The van der Waals surface area contributed by atoms with Crippen LogP contribution in [0, 0.1) is 40.4 Å². The van der Waals surface area contributed by atoms with E-state index in [1.165, 1.54) is 0 Å². The van der Waals surface area contributed by atoms with Crippen molar-refractivity contribution in [3.05, 3.63) is 35.4 Å². The fourth-order valence-electron chi connectivity index (χ4n) is 3.78. The lowest BCUT2D eigenvalue weighted by Gasteiger charge is -2.47. The predicted molar refractivity (Wildman–Crippen MR) is 79.7 cm³/mol. The van der Waals surface area contributed by atoms with Gasteiger partial charge in [-0.1, -0.05) is 0 Å². The molecule has 0 radical (unpaired) electrons. The molecule has 1 fully saturated rings. The number of nitrogens with zero attached hydrogens (tertiary/aromatic N) is 3. The van der Waals surface area contributed by atoms with Crippen molar-refractivity contribution in [2.45, 2.75) is 18.9 Å². The lowest BCUT2D eigenvalue weighted by atomic mass is 9.72.